The third kappa shape index (κ3) is 4.89. The SMILES string of the molecule is CCOCCCNC(=O)c1c(NC(=O)Cc2coc3ccc(CC)cc23)sc2c1CCC2. The zero-order chi connectivity index (χ0) is 22.5. The molecule has 0 spiro atoms. The summed E-state index contributed by atoms with van der Waals surface area (Å²) in [6.45, 7) is 5.91. The van der Waals surface area contributed by atoms with Gasteiger partial charge in [-0.25, -0.2) is 0 Å². The number of aryl methyl sites for hydroxylation is 2. The van der Waals surface area contributed by atoms with E-state index in [9.17, 15) is 9.59 Å². The molecule has 0 fully saturated rings. The van der Waals surface area contributed by atoms with Crippen LogP contribution in [0.1, 0.15) is 58.6 Å². The highest BCUT2D eigenvalue weighted by molar-refractivity contribution is 7.17. The Balaban J connectivity index is 1.47. The topological polar surface area (TPSA) is 80.6 Å². The summed E-state index contributed by atoms with van der Waals surface area (Å²) in [6, 6.07) is 6.08. The lowest BCUT2D eigenvalue weighted by Gasteiger charge is -2.09. The fourth-order valence-corrected chi connectivity index (χ4v) is 5.47. The van der Waals surface area contributed by atoms with Crippen molar-refractivity contribution in [3.05, 3.63) is 51.6 Å². The molecule has 0 radical (unpaired) electrons. The van der Waals surface area contributed by atoms with Gasteiger partial charge in [0.05, 0.1) is 18.2 Å². The number of anilines is 1. The smallest absolute Gasteiger partial charge is 0.254 e. The third-order valence-electron chi connectivity index (χ3n) is 5.83. The molecule has 2 heterocycles. The highest BCUT2D eigenvalue weighted by Gasteiger charge is 2.27. The average Bonchev–Trinajstić information content (AvgIpc) is 3.48. The number of ether oxygens (including phenoxy) is 1. The molecular weight excluding hydrogens is 424 g/mol. The number of nitrogens with one attached hydrogen (secondary N) is 2. The second-order valence-electron chi connectivity index (χ2n) is 8.04. The van der Waals surface area contributed by atoms with Crippen molar-refractivity contribution in [1.29, 1.82) is 0 Å². The number of benzene rings is 1. The van der Waals surface area contributed by atoms with Crippen LogP contribution in [-0.4, -0.2) is 31.6 Å². The summed E-state index contributed by atoms with van der Waals surface area (Å²) < 4.78 is 11.0. The minimum absolute atomic E-state index is 0.113. The van der Waals surface area contributed by atoms with Gasteiger partial charge in [0.25, 0.3) is 5.91 Å². The lowest BCUT2D eigenvalue weighted by molar-refractivity contribution is -0.115. The molecule has 0 atom stereocenters. The van der Waals surface area contributed by atoms with E-state index in [2.05, 4.69) is 23.6 Å². The Kier molecular flexibility index (Phi) is 7.27. The van der Waals surface area contributed by atoms with Crippen molar-refractivity contribution in [3.63, 3.8) is 0 Å². The van der Waals surface area contributed by atoms with Crippen LogP contribution in [0.2, 0.25) is 0 Å². The molecule has 1 aromatic carbocycles. The molecular formula is C25H30N2O4S. The molecule has 1 aliphatic rings. The van der Waals surface area contributed by atoms with Gasteiger partial charge < -0.3 is 19.8 Å². The molecule has 0 aliphatic heterocycles. The van der Waals surface area contributed by atoms with Crippen LogP contribution in [-0.2, 0) is 35.2 Å². The summed E-state index contributed by atoms with van der Waals surface area (Å²) in [5, 5.41) is 7.64. The lowest BCUT2D eigenvalue weighted by Crippen LogP contribution is -2.27. The maximum absolute atomic E-state index is 13.0. The molecule has 0 unspecified atom stereocenters. The van der Waals surface area contributed by atoms with E-state index in [-0.39, 0.29) is 18.2 Å². The Labute approximate surface area is 192 Å². The van der Waals surface area contributed by atoms with Crippen molar-refractivity contribution in [1.82, 2.24) is 5.32 Å². The Hall–Kier alpha value is -2.64. The van der Waals surface area contributed by atoms with E-state index in [0.717, 1.165) is 54.2 Å². The second-order valence-corrected chi connectivity index (χ2v) is 9.14. The molecule has 170 valence electrons. The van der Waals surface area contributed by atoms with Crippen LogP contribution >= 0.6 is 11.3 Å². The van der Waals surface area contributed by atoms with E-state index in [1.165, 1.54) is 21.8 Å². The highest BCUT2D eigenvalue weighted by atomic mass is 32.1. The molecule has 4 rings (SSSR count). The maximum atomic E-state index is 13.0. The van der Waals surface area contributed by atoms with E-state index < -0.39 is 0 Å². The summed E-state index contributed by atoms with van der Waals surface area (Å²) in [5.74, 6) is -0.252. The standard InChI is InChI=1S/C25H30N2O4S/c1-3-16-9-10-20-19(13-16)17(15-31-20)14-22(28)27-25-23(18-7-5-8-21(18)32-25)24(29)26-11-6-12-30-4-2/h9-10,13,15H,3-8,11-12,14H2,1-2H3,(H,26,29)(H,27,28). The first-order valence-electron chi connectivity index (χ1n) is 11.4. The van der Waals surface area contributed by atoms with Gasteiger partial charge >= 0.3 is 0 Å². The van der Waals surface area contributed by atoms with E-state index in [4.69, 9.17) is 9.15 Å². The van der Waals surface area contributed by atoms with Crippen LogP contribution in [0, 0.1) is 0 Å². The van der Waals surface area contributed by atoms with E-state index in [0.29, 0.717) is 30.3 Å². The number of rotatable bonds is 10. The molecule has 2 amide bonds. The van der Waals surface area contributed by atoms with Gasteiger partial charge in [-0.15, -0.1) is 11.3 Å². The van der Waals surface area contributed by atoms with Gasteiger partial charge in [0.1, 0.15) is 10.6 Å². The predicted molar refractivity (Wildman–Crippen MR) is 128 cm³/mol. The number of hydrogen-bond donors (Lipinski definition) is 2. The monoisotopic (exact) mass is 454 g/mol. The number of furan rings is 1. The summed E-state index contributed by atoms with van der Waals surface area (Å²) in [5.41, 5.74) is 4.58. The number of fused-ring (bicyclic) bond motifs is 2. The molecule has 7 heteroatoms. The summed E-state index contributed by atoms with van der Waals surface area (Å²) >= 11 is 1.53. The minimum atomic E-state index is -0.139. The number of carbonyl (C=O) groups is 2. The van der Waals surface area contributed by atoms with Crippen molar-refractivity contribution >= 4 is 39.1 Å². The van der Waals surface area contributed by atoms with Crippen molar-refractivity contribution in [2.24, 2.45) is 0 Å². The molecule has 1 aliphatic carbocycles. The van der Waals surface area contributed by atoms with Crippen LogP contribution in [0.4, 0.5) is 5.00 Å². The average molecular weight is 455 g/mol. The van der Waals surface area contributed by atoms with Gasteiger partial charge in [0.15, 0.2) is 0 Å². The lowest BCUT2D eigenvalue weighted by atomic mass is 10.1. The molecule has 32 heavy (non-hydrogen) atoms. The molecule has 3 aromatic rings. The number of amides is 2. The number of hydrogen-bond acceptors (Lipinski definition) is 5. The number of carbonyl (C=O) groups excluding carboxylic acids is 2. The van der Waals surface area contributed by atoms with Crippen LogP contribution in [0.5, 0.6) is 0 Å². The molecule has 0 bridgehead atoms. The van der Waals surface area contributed by atoms with Crippen LogP contribution in [0.15, 0.2) is 28.9 Å². The Morgan fingerprint density at radius 3 is 2.91 bits per heavy atom. The Morgan fingerprint density at radius 1 is 1.22 bits per heavy atom. The fraction of sp³-hybridized carbons (Fsp3) is 0.440. The Morgan fingerprint density at radius 2 is 2.09 bits per heavy atom. The summed E-state index contributed by atoms with van der Waals surface area (Å²) in [7, 11) is 0. The normalized spacial score (nSPS) is 12.8. The second kappa shape index (κ2) is 10.3. The van der Waals surface area contributed by atoms with E-state index in [1.54, 1.807) is 6.26 Å². The van der Waals surface area contributed by atoms with Crippen molar-refractivity contribution in [3.8, 4) is 0 Å². The predicted octanol–water partition coefficient (Wildman–Crippen LogP) is 4.88. The molecule has 2 aromatic heterocycles. The Bertz CT molecular complexity index is 1110. The zero-order valence-corrected chi connectivity index (χ0v) is 19.5. The molecule has 6 nitrogen and oxygen atoms in total. The van der Waals surface area contributed by atoms with Crippen molar-refractivity contribution < 1.29 is 18.7 Å². The van der Waals surface area contributed by atoms with Crippen molar-refractivity contribution in [2.75, 3.05) is 25.1 Å². The zero-order valence-electron chi connectivity index (χ0n) is 18.7. The maximum Gasteiger partial charge on any atom is 0.254 e. The number of thiophene rings is 1. The largest absolute Gasteiger partial charge is 0.464 e. The van der Waals surface area contributed by atoms with Crippen molar-refractivity contribution in [2.45, 2.75) is 52.4 Å². The van der Waals surface area contributed by atoms with E-state index >= 15 is 0 Å². The first kappa shape index (κ1) is 22.6. The molecule has 0 saturated carbocycles. The minimum Gasteiger partial charge on any atom is -0.464 e. The third-order valence-corrected chi connectivity index (χ3v) is 7.04. The quantitative estimate of drug-likeness (QED) is 0.428. The van der Waals surface area contributed by atoms with Crippen LogP contribution < -0.4 is 10.6 Å². The first-order chi connectivity index (χ1) is 15.6. The van der Waals surface area contributed by atoms with Gasteiger partial charge in [0.2, 0.25) is 5.91 Å². The first-order valence-corrected chi connectivity index (χ1v) is 12.2. The summed E-state index contributed by atoms with van der Waals surface area (Å²) in [4.78, 5) is 27.1. The highest BCUT2D eigenvalue weighted by Crippen LogP contribution is 2.39. The van der Waals surface area contributed by atoms with E-state index in [1.807, 2.05) is 19.1 Å². The van der Waals surface area contributed by atoms with Gasteiger partial charge in [-0.05, 0) is 62.3 Å². The van der Waals surface area contributed by atoms with Gasteiger partial charge in [-0.3, -0.25) is 9.59 Å². The van der Waals surface area contributed by atoms with Gasteiger partial charge in [-0.1, -0.05) is 13.0 Å². The summed E-state index contributed by atoms with van der Waals surface area (Å²) in [6.07, 6.45) is 6.46. The fourth-order valence-electron chi connectivity index (χ4n) is 4.17. The molecule has 0 saturated heterocycles. The van der Waals surface area contributed by atoms with Gasteiger partial charge in [-0.2, -0.15) is 0 Å². The van der Waals surface area contributed by atoms with Crippen LogP contribution in [0.3, 0.4) is 0 Å². The molecule has 2 N–H and O–H groups in total. The van der Waals surface area contributed by atoms with Crippen LogP contribution in [0.25, 0.3) is 11.0 Å². The van der Waals surface area contributed by atoms with Gasteiger partial charge in [0, 0.05) is 35.6 Å².